The number of anilines is 1. The summed E-state index contributed by atoms with van der Waals surface area (Å²) in [5.74, 6) is -0.447. The van der Waals surface area contributed by atoms with Gasteiger partial charge in [0.15, 0.2) is 0 Å². The van der Waals surface area contributed by atoms with Crippen molar-refractivity contribution in [2.45, 2.75) is 25.9 Å². The number of amides is 2. The van der Waals surface area contributed by atoms with Gasteiger partial charge in [0.2, 0.25) is 0 Å². The van der Waals surface area contributed by atoms with Gasteiger partial charge in [0.25, 0.3) is 0 Å². The maximum Gasteiger partial charge on any atom is 0.316 e. The number of hydrogen-bond donors (Lipinski definition) is 1. The molecule has 124 valence electrons. The van der Waals surface area contributed by atoms with Gasteiger partial charge in [-0.15, -0.1) is 0 Å². The molecule has 0 fully saturated rings. The molecule has 0 spiro atoms. The summed E-state index contributed by atoms with van der Waals surface area (Å²) in [7, 11) is 1.58. The molecule has 2 aromatic rings. The second-order valence-corrected chi connectivity index (χ2v) is 5.85. The number of carbonyl (C=O) groups excluding carboxylic acids is 2. The lowest BCUT2D eigenvalue weighted by Gasteiger charge is -2.22. The van der Waals surface area contributed by atoms with Crippen LogP contribution in [0, 0.1) is 0 Å². The lowest BCUT2D eigenvalue weighted by molar-refractivity contribution is -0.137. The summed E-state index contributed by atoms with van der Waals surface area (Å²) in [6.45, 7) is 2.20. The van der Waals surface area contributed by atoms with Crippen molar-refractivity contribution in [3.05, 3.63) is 59.7 Å². The van der Waals surface area contributed by atoms with E-state index in [1.165, 1.54) is 0 Å². The molecule has 5 nitrogen and oxygen atoms in total. The van der Waals surface area contributed by atoms with Crippen molar-refractivity contribution in [2.24, 2.45) is 0 Å². The van der Waals surface area contributed by atoms with Crippen molar-refractivity contribution in [2.75, 3.05) is 12.0 Å². The number of nitrogens with zero attached hydrogens (tertiary/aromatic N) is 1. The zero-order valence-electron chi connectivity index (χ0n) is 13.8. The van der Waals surface area contributed by atoms with Crippen LogP contribution in [0.25, 0.3) is 0 Å². The van der Waals surface area contributed by atoms with E-state index in [1.54, 1.807) is 12.0 Å². The number of hydrogen-bond acceptors (Lipinski definition) is 3. The normalized spacial score (nSPS) is 15.8. The first kappa shape index (κ1) is 16.1. The zero-order valence-corrected chi connectivity index (χ0v) is 13.8. The molecule has 0 saturated heterocycles. The Balaban J connectivity index is 1.71. The standard InChI is InChI=1S/C19H20N2O3/c1-13-11-14-7-3-5-9-16(14)21(13)19(23)18(22)20-12-15-8-4-6-10-17(15)24-2/h3-10,13H,11-12H2,1-2H3,(H,20,22). The van der Waals surface area contributed by atoms with Crippen LogP contribution >= 0.6 is 0 Å². The first-order valence-corrected chi connectivity index (χ1v) is 7.93. The second-order valence-electron chi connectivity index (χ2n) is 5.85. The average Bonchev–Trinajstić information content (AvgIpc) is 2.94. The molecule has 0 bridgehead atoms. The number of nitrogens with one attached hydrogen (secondary N) is 1. The van der Waals surface area contributed by atoms with E-state index in [0.717, 1.165) is 23.2 Å². The van der Waals surface area contributed by atoms with E-state index < -0.39 is 11.8 Å². The van der Waals surface area contributed by atoms with E-state index in [4.69, 9.17) is 4.74 Å². The Morgan fingerprint density at radius 3 is 2.67 bits per heavy atom. The molecular formula is C19H20N2O3. The van der Waals surface area contributed by atoms with Gasteiger partial charge in [0.1, 0.15) is 5.75 Å². The molecule has 2 aromatic carbocycles. The minimum absolute atomic E-state index is 0.0214. The molecule has 5 heteroatoms. The minimum Gasteiger partial charge on any atom is -0.496 e. The average molecular weight is 324 g/mol. The SMILES string of the molecule is COc1ccccc1CNC(=O)C(=O)N1c2ccccc2CC1C. The molecule has 0 aromatic heterocycles. The van der Waals surface area contributed by atoms with Gasteiger partial charge in [0.05, 0.1) is 7.11 Å². The van der Waals surface area contributed by atoms with Crippen LogP contribution in [-0.4, -0.2) is 25.0 Å². The Morgan fingerprint density at radius 1 is 1.17 bits per heavy atom. The molecule has 0 aliphatic carbocycles. The highest BCUT2D eigenvalue weighted by atomic mass is 16.5. The van der Waals surface area contributed by atoms with Crippen molar-refractivity contribution in [3.63, 3.8) is 0 Å². The van der Waals surface area contributed by atoms with Crippen LogP contribution in [0.4, 0.5) is 5.69 Å². The van der Waals surface area contributed by atoms with Crippen LogP contribution in [0.15, 0.2) is 48.5 Å². The lowest BCUT2D eigenvalue weighted by atomic mass is 10.1. The van der Waals surface area contributed by atoms with Crippen molar-refractivity contribution in [1.29, 1.82) is 0 Å². The Morgan fingerprint density at radius 2 is 1.88 bits per heavy atom. The maximum absolute atomic E-state index is 12.6. The lowest BCUT2D eigenvalue weighted by Crippen LogP contribution is -2.45. The number of rotatable bonds is 3. The minimum atomic E-state index is -0.607. The largest absolute Gasteiger partial charge is 0.496 e. The summed E-state index contributed by atoms with van der Waals surface area (Å²) in [6.07, 6.45) is 0.766. The Hall–Kier alpha value is -2.82. The maximum atomic E-state index is 12.6. The predicted molar refractivity (Wildman–Crippen MR) is 91.9 cm³/mol. The van der Waals surface area contributed by atoms with Gasteiger partial charge in [-0.2, -0.15) is 0 Å². The topological polar surface area (TPSA) is 58.6 Å². The smallest absolute Gasteiger partial charge is 0.316 e. The fourth-order valence-electron chi connectivity index (χ4n) is 3.08. The van der Waals surface area contributed by atoms with Gasteiger partial charge in [-0.3, -0.25) is 9.59 Å². The fraction of sp³-hybridized carbons (Fsp3) is 0.263. The third-order valence-corrected chi connectivity index (χ3v) is 4.25. The number of carbonyl (C=O) groups is 2. The fourth-order valence-corrected chi connectivity index (χ4v) is 3.08. The van der Waals surface area contributed by atoms with Gasteiger partial charge in [-0.25, -0.2) is 0 Å². The Kier molecular flexibility index (Phi) is 4.51. The van der Waals surface area contributed by atoms with Crippen molar-refractivity contribution in [1.82, 2.24) is 5.32 Å². The number of methoxy groups -OCH3 is 1. The van der Waals surface area contributed by atoms with E-state index in [1.807, 2.05) is 55.5 Å². The van der Waals surface area contributed by atoms with Gasteiger partial charge in [0, 0.05) is 23.8 Å². The predicted octanol–water partition coefficient (Wildman–Crippen LogP) is 2.29. The molecule has 1 heterocycles. The van der Waals surface area contributed by atoms with Gasteiger partial charge >= 0.3 is 11.8 Å². The summed E-state index contributed by atoms with van der Waals surface area (Å²) < 4.78 is 5.25. The molecule has 0 saturated carbocycles. The molecule has 1 aliphatic heterocycles. The van der Waals surface area contributed by atoms with E-state index in [9.17, 15) is 9.59 Å². The highest BCUT2D eigenvalue weighted by Crippen LogP contribution is 2.31. The summed E-state index contributed by atoms with van der Waals surface area (Å²) in [6, 6.07) is 15.1. The Labute approximate surface area is 141 Å². The van der Waals surface area contributed by atoms with Crippen LogP contribution in [0.3, 0.4) is 0 Å². The third kappa shape index (κ3) is 2.97. The van der Waals surface area contributed by atoms with Gasteiger partial charge in [-0.1, -0.05) is 36.4 Å². The van der Waals surface area contributed by atoms with E-state index in [2.05, 4.69) is 5.32 Å². The summed E-state index contributed by atoms with van der Waals surface area (Å²) in [5, 5.41) is 2.69. The van der Waals surface area contributed by atoms with Gasteiger partial charge < -0.3 is 15.0 Å². The van der Waals surface area contributed by atoms with E-state index >= 15 is 0 Å². The number of fused-ring (bicyclic) bond motifs is 1. The molecule has 1 aliphatic rings. The number of ether oxygens (including phenoxy) is 1. The Bertz CT molecular complexity index is 773. The van der Waals surface area contributed by atoms with E-state index in [0.29, 0.717) is 5.75 Å². The molecule has 1 N–H and O–H groups in total. The van der Waals surface area contributed by atoms with Crippen molar-refractivity contribution < 1.29 is 14.3 Å². The first-order chi connectivity index (χ1) is 11.6. The van der Waals surface area contributed by atoms with Crippen LogP contribution in [0.2, 0.25) is 0 Å². The molecule has 3 rings (SSSR count). The first-order valence-electron chi connectivity index (χ1n) is 7.93. The monoisotopic (exact) mass is 324 g/mol. The molecule has 0 radical (unpaired) electrons. The van der Waals surface area contributed by atoms with Crippen LogP contribution < -0.4 is 15.0 Å². The quantitative estimate of drug-likeness (QED) is 0.881. The summed E-state index contributed by atoms with van der Waals surface area (Å²) >= 11 is 0. The zero-order chi connectivity index (χ0) is 17.1. The molecule has 24 heavy (non-hydrogen) atoms. The number of para-hydroxylation sites is 2. The highest BCUT2D eigenvalue weighted by Gasteiger charge is 2.33. The molecule has 1 atom stereocenters. The third-order valence-electron chi connectivity index (χ3n) is 4.25. The molecule has 1 unspecified atom stereocenters. The highest BCUT2D eigenvalue weighted by molar-refractivity contribution is 6.40. The molecule has 2 amide bonds. The van der Waals surface area contributed by atoms with E-state index in [-0.39, 0.29) is 12.6 Å². The summed E-state index contributed by atoms with van der Waals surface area (Å²) in [5.41, 5.74) is 2.74. The summed E-state index contributed by atoms with van der Waals surface area (Å²) in [4.78, 5) is 26.5. The number of benzene rings is 2. The van der Waals surface area contributed by atoms with Crippen LogP contribution in [0.5, 0.6) is 5.75 Å². The van der Waals surface area contributed by atoms with Crippen molar-refractivity contribution >= 4 is 17.5 Å². The van der Waals surface area contributed by atoms with Crippen LogP contribution in [0.1, 0.15) is 18.1 Å². The van der Waals surface area contributed by atoms with Crippen LogP contribution in [-0.2, 0) is 22.6 Å². The molecular weight excluding hydrogens is 304 g/mol. The van der Waals surface area contributed by atoms with Crippen molar-refractivity contribution in [3.8, 4) is 5.75 Å². The second kappa shape index (κ2) is 6.74. The van der Waals surface area contributed by atoms with Gasteiger partial charge in [-0.05, 0) is 31.0 Å².